The number of nitrogens with zero attached hydrogens (tertiary/aromatic N) is 2. The molecule has 3 aromatic rings. The van der Waals surface area contributed by atoms with E-state index in [0.29, 0.717) is 0 Å². The van der Waals surface area contributed by atoms with Gasteiger partial charge in [0.2, 0.25) is 0 Å². The van der Waals surface area contributed by atoms with Gasteiger partial charge >= 0.3 is 0 Å². The number of benzene rings is 1. The molecule has 0 amide bonds. The molecule has 0 aliphatic carbocycles. The van der Waals surface area contributed by atoms with Crippen molar-refractivity contribution in [1.82, 2.24) is 15.0 Å². The van der Waals surface area contributed by atoms with Crippen molar-refractivity contribution in [3.8, 4) is 0 Å². The minimum absolute atomic E-state index is 0. The summed E-state index contributed by atoms with van der Waals surface area (Å²) in [5.74, 6) is 0. The Labute approximate surface area is 86.6 Å². The number of pyridine rings is 1. The monoisotopic (exact) mass is 205 g/mol. The van der Waals surface area contributed by atoms with Crippen LogP contribution >= 0.6 is 12.4 Å². The normalized spacial score (nSPS) is 10.3. The molecule has 3 rings (SSSR count). The third kappa shape index (κ3) is 1.14. The van der Waals surface area contributed by atoms with Crippen LogP contribution in [0.4, 0.5) is 0 Å². The molecule has 0 spiro atoms. The Morgan fingerprint density at radius 3 is 2.86 bits per heavy atom. The summed E-state index contributed by atoms with van der Waals surface area (Å²) in [4.78, 5) is 11.6. The fourth-order valence-electron chi connectivity index (χ4n) is 1.54. The standard InChI is InChI=1S/C10H7N3.ClH/c1-2-7-3-4-8-10(13-6-12-8)9(7)11-5-1;/h1-6H,(H,12,13);1H. The van der Waals surface area contributed by atoms with Crippen LogP contribution in [0.1, 0.15) is 0 Å². The van der Waals surface area contributed by atoms with E-state index in [-0.39, 0.29) is 12.4 Å². The second-order valence-corrected chi connectivity index (χ2v) is 2.94. The molecule has 0 atom stereocenters. The van der Waals surface area contributed by atoms with E-state index in [9.17, 15) is 0 Å². The van der Waals surface area contributed by atoms with E-state index in [4.69, 9.17) is 0 Å². The number of hydrogen-bond donors (Lipinski definition) is 1. The second-order valence-electron chi connectivity index (χ2n) is 2.94. The first-order valence-electron chi connectivity index (χ1n) is 4.12. The molecule has 3 nitrogen and oxygen atoms in total. The zero-order valence-electron chi connectivity index (χ0n) is 7.27. The van der Waals surface area contributed by atoms with Crippen LogP contribution in [-0.2, 0) is 0 Å². The number of fused-ring (bicyclic) bond motifs is 3. The van der Waals surface area contributed by atoms with E-state index in [1.54, 1.807) is 12.5 Å². The summed E-state index contributed by atoms with van der Waals surface area (Å²) in [5, 5.41) is 1.13. The number of rotatable bonds is 0. The van der Waals surface area contributed by atoms with Gasteiger partial charge in [0.05, 0.1) is 17.4 Å². The van der Waals surface area contributed by atoms with Gasteiger partial charge in [-0.05, 0) is 12.1 Å². The molecule has 0 unspecified atom stereocenters. The van der Waals surface area contributed by atoms with Gasteiger partial charge in [-0.3, -0.25) is 4.98 Å². The van der Waals surface area contributed by atoms with Gasteiger partial charge in [0.25, 0.3) is 0 Å². The maximum Gasteiger partial charge on any atom is 0.114 e. The number of imidazole rings is 1. The number of halogens is 1. The number of aromatic amines is 1. The van der Waals surface area contributed by atoms with E-state index in [1.165, 1.54) is 0 Å². The van der Waals surface area contributed by atoms with Gasteiger partial charge in [0.15, 0.2) is 0 Å². The van der Waals surface area contributed by atoms with Crippen molar-refractivity contribution in [3.05, 3.63) is 36.8 Å². The molecule has 1 N–H and O–H groups in total. The highest BCUT2D eigenvalue weighted by Gasteiger charge is 2.01. The molecule has 0 bridgehead atoms. The predicted molar refractivity (Wildman–Crippen MR) is 58.6 cm³/mol. The average Bonchev–Trinajstić information content (AvgIpc) is 2.65. The summed E-state index contributed by atoms with van der Waals surface area (Å²) in [7, 11) is 0. The van der Waals surface area contributed by atoms with Gasteiger partial charge < -0.3 is 4.98 Å². The van der Waals surface area contributed by atoms with E-state index >= 15 is 0 Å². The molecule has 0 radical (unpaired) electrons. The first-order chi connectivity index (χ1) is 6.45. The van der Waals surface area contributed by atoms with Crippen LogP contribution in [0.25, 0.3) is 21.9 Å². The van der Waals surface area contributed by atoms with E-state index in [2.05, 4.69) is 15.0 Å². The van der Waals surface area contributed by atoms with Crippen molar-refractivity contribution in [2.24, 2.45) is 0 Å². The lowest BCUT2D eigenvalue weighted by molar-refractivity contribution is 1.34. The van der Waals surface area contributed by atoms with Gasteiger partial charge in [-0.1, -0.05) is 12.1 Å². The molecule has 70 valence electrons. The molecular weight excluding hydrogens is 198 g/mol. The molecule has 2 aromatic heterocycles. The third-order valence-electron chi connectivity index (χ3n) is 2.16. The Morgan fingerprint density at radius 2 is 1.93 bits per heavy atom. The van der Waals surface area contributed by atoms with Crippen LogP contribution in [0.2, 0.25) is 0 Å². The highest BCUT2D eigenvalue weighted by Crippen LogP contribution is 2.19. The maximum atomic E-state index is 4.30. The molecule has 0 aliphatic heterocycles. The zero-order chi connectivity index (χ0) is 8.67. The summed E-state index contributed by atoms with van der Waals surface area (Å²) < 4.78 is 0. The minimum Gasteiger partial charge on any atom is -0.345 e. The van der Waals surface area contributed by atoms with Gasteiger partial charge in [-0.25, -0.2) is 4.98 Å². The molecule has 0 saturated carbocycles. The topological polar surface area (TPSA) is 41.6 Å². The molecular formula is C10H8ClN3. The summed E-state index contributed by atoms with van der Waals surface area (Å²) in [6.45, 7) is 0. The zero-order valence-corrected chi connectivity index (χ0v) is 8.08. The SMILES string of the molecule is Cl.c1cnc2c(c1)ccc1[nH]cnc12. The Bertz CT molecular complexity index is 573. The largest absolute Gasteiger partial charge is 0.345 e. The van der Waals surface area contributed by atoms with E-state index in [1.807, 2.05) is 24.3 Å². The third-order valence-corrected chi connectivity index (χ3v) is 2.16. The lowest BCUT2D eigenvalue weighted by Crippen LogP contribution is -1.79. The maximum absolute atomic E-state index is 4.30. The molecule has 0 aliphatic rings. The van der Waals surface area contributed by atoms with Crippen molar-refractivity contribution < 1.29 is 0 Å². The number of aromatic nitrogens is 3. The fraction of sp³-hybridized carbons (Fsp3) is 0. The number of nitrogens with one attached hydrogen (secondary N) is 1. The average molecular weight is 206 g/mol. The number of H-pyrrole nitrogens is 1. The quantitative estimate of drug-likeness (QED) is 0.613. The summed E-state index contributed by atoms with van der Waals surface area (Å²) in [6, 6.07) is 8.03. The molecule has 1 aromatic carbocycles. The lowest BCUT2D eigenvalue weighted by atomic mass is 10.2. The Kier molecular flexibility index (Phi) is 2.09. The van der Waals surface area contributed by atoms with E-state index in [0.717, 1.165) is 21.9 Å². The van der Waals surface area contributed by atoms with Crippen LogP contribution in [0.3, 0.4) is 0 Å². The predicted octanol–water partition coefficient (Wildman–Crippen LogP) is 2.53. The van der Waals surface area contributed by atoms with E-state index < -0.39 is 0 Å². The molecule has 4 heteroatoms. The van der Waals surface area contributed by atoms with Gasteiger partial charge in [-0.2, -0.15) is 0 Å². The fourth-order valence-corrected chi connectivity index (χ4v) is 1.54. The Balaban J connectivity index is 0.000000750. The van der Waals surface area contributed by atoms with Crippen LogP contribution in [0, 0.1) is 0 Å². The molecule has 14 heavy (non-hydrogen) atoms. The summed E-state index contributed by atoms with van der Waals surface area (Å²) in [6.07, 6.45) is 3.48. The van der Waals surface area contributed by atoms with Crippen LogP contribution in [-0.4, -0.2) is 15.0 Å². The van der Waals surface area contributed by atoms with Crippen molar-refractivity contribution in [2.75, 3.05) is 0 Å². The Hall–Kier alpha value is -1.61. The molecule has 2 heterocycles. The first kappa shape index (κ1) is 8.97. The highest BCUT2D eigenvalue weighted by molar-refractivity contribution is 6.01. The van der Waals surface area contributed by atoms with Gasteiger partial charge in [0, 0.05) is 11.6 Å². The number of hydrogen-bond acceptors (Lipinski definition) is 2. The minimum atomic E-state index is 0. The van der Waals surface area contributed by atoms with Gasteiger partial charge in [0.1, 0.15) is 5.52 Å². The van der Waals surface area contributed by atoms with Crippen molar-refractivity contribution in [1.29, 1.82) is 0 Å². The van der Waals surface area contributed by atoms with Crippen LogP contribution in [0.5, 0.6) is 0 Å². The van der Waals surface area contributed by atoms with Crippen molar-refractivity contribution >= 4 is 34.3 Å². The van der Waals surface area contributed by atoms with Gasteiger partial charge in [-0.15, -0.1) is 12.4 Å². The Morgan fingerprint density at radius 1 is 1.00 bits per heavy atom. The first-order valence-corrected chi connectivity index (χ1v) is 4.12. The molecule has 0 fully saturated rings. The van der Waals surface area contributed by atoms with Crippen LogP contribution < -0.4 is 0 Å². The highest BCUT2D eigenvalue weighted by atomic mass is 35.5. The van der Waals surface area contributed by atoms with Crippen molar-refractivity contribution in [2.45, 2.75) is 0 Å². The molecule has 0 saturated heterocycles. The lowest BCUT2D eigenvalue weighted by Gasteiger charge is -1.95. The summed E-state index contributed by atoms with van der Waals surface area (Å²) >= 11 is 0. The summed E-state index contributed by atoms with van der Waals surface area (Å²) in [5.41, 5.74) is 2.94. The van der Waals surface area contributed by atoms with Crippen LogP contribution in [0.15, 0.2) is 36.8 Å². The second kappa shape index (κ2) is 3.27. The smallest absolute Gasteiger partial charge is 0.114 e. The van der Waals surface area contributed by atoms with Crippen molar-refractivity contribution in [3.63, 3.8) is 0 Å².